The van der Waals surface area contributed by atoms with E-state index in [4.69, 9.17) is 0 Å². The zero-order chi connectivity index (χ0) is 27.1. The molecule has 40 heavy (non-hydrogen) atoms. The summed E-state index contributed by atoms with van der Waals surface area (Å²) < 4.78 is 0. The van der Waals surface area contributed by atoms with E-state index in [9.17, 15) is 0 Å². The number of rotatable bonds is 5. The van der Waals surface area contributed by atoms with Gasteiger partial charge in [-0.15, -0.1) is 0 Å². The first-order valence-electron chi connectivity index (χ1n) is 14.0. The Bertz CT molecular complexity index is 1760. The minimum absolute atomic E-state index is 0.0355. The van der Waals surface area contributed by atoms with Crippen LogP contribution in [0.3, 0.4) is 0 Å². The van der Waals surface area contributed by atoms with E-state index in [0.29, 0.717) is 0 Å². The fourth-order valence-electron chi connectivity index (χ4n) is 6.25. The van der Waals surface area contributed by atoms with Gasteiger partial charge in [-0.2, -0.15) is 0 Å². The van der Waals surface area contributed by atoms with Crippen LogP contribution in [0.1, 0.15) is 25.0 Å². The number of hydrogen-bond donors (Lipinski definition) is 0. The van der Waals surface area contributed by atoms with Crippen molar-refractivity contribution in [3.63, 3.8) is 0 Å². The first-order chi connectivity index (χ1) is 19.6. The van der Waals surface area contributed by atoms with Crippen LogP contribution in [0.5, 0.6) is 0 Å². The Morgan fingerprint density at radius 2 is 0.925 bits per heavy atom. The number of para-hydroxylation sites is 2. The standard InChI is InChI=1S/C39H31N/c1-39(2)37-21-13-12-20-34(37)35-24-22-29(26-38(35)39)33-25-23-32(27-36(33)28-14-6-3-7-15-28)40(30-16-8-4-9-17-30)31-18-10-5-11-19-31/h3-27H,1-2H3. The zero-order valence-corrected chi connectivity index (χ0v) is 22.9. The van der Waals surface area contributed by atoms with Gasteiger partial charge in [0.15, 0.2) is 0 Å². The number of fused-ring (bicyclic) bond motifs is 3. The molecule has 0 unspecified atom stereocenters. The van der Waals surface area contributed by atoms with Crippen LogP contribution < -0.4 is 4.90 Å². The number of nitrogens with zero attached hydrogens (tertiary/aromatic N) is 1. The molecule has 0 saturated heterocycles. The molecule has 6 aromatic carbocycles. The van der Waals surface area contributed by atoms with E-state index < -0.39 is 0 Å². The maximum absolute atomic E-state index is 2.42. The minimum Gasteiger partial charge on any atom is -0.310 e. The van der Waals surface area contributed by atoms with Crippen LogP contribution >= 0.6 is 0 Å². The molecule has 0 N–H and O–H groups in total. The molecule has 0 atom stereocenters. The lowest BCUT2D eigenvalue weighted by atomic mass is 9.81. The third-order valence-corrected chi connectivity index (χ3v) is 8.27. The smallest absolute Gasteiger partial charge is 0.0468 e. The highest BCUT2D eigenvalue weighted by Gasteiger charge is 2.35. The van der Waals surface area contributed by atoms with E-state index in [1.54, 1.807) is 0 Å². The first-order valence-corrected chi connectivity index (χ1v) is 14.0. The van der Waals surface area contributed by atoms with Gasteiger partial charge in [0.25, 0.3) is 0 Å². The molecule has 0 saturated carbocycles. The summed E-state index contributed by atoms with van der Waals surface area (Å²) in [6.07, 6.45) is 0. The highest BCUT2D eigenvalue weighted by Crippen LogP contribution is 2.50. The summed E-state index contributed by atoms with van der Waals surface area (Å²) in [5.74, 6) is 0. The second-order valence-electron chi connectivity index (χ2n) is 11.0. The fourth-order valence-corrected chi connectivity index (χ4v) is 6.25. The average Bonchev–Trinajstić information content (AvgIpc) is 3.25. The molecule has 0 aliphatic heterocycles. The van der Waals surface area contributed by atoms with Crippen molar-refractivity contribution in [2.24, 2.45) is 0 Å². The molecule has 0 radical (unpaired) electrons. The normalized spacial score (nSPS) is 12.9. The molecular formula is C39H31N. The summed E-state index contributed by atoms with van der Waals surface area (Å²) in [6.45, 7) is 4.69. The Morgan fingerprint density at radius 1 is 0.375 bits per heavy atom. The largest absolute Gasteiger partial charge is 0.310 e. The highest BCUT2D eigenvalue weighted by atomic mass is 15.1. The van der Waals surface area contributed by atoms with Crippen LogP contribution in [0.2, 0.25) is 0 Å². The Morgan fingerprint density at radius 3 is 1.60 bits per heavy atom. The van der Waals surface area contributed by atoms with Crippen LogP contribution in [-0.4, -0.2) is 0 Å². The van der Waals surface area contributed by atoms with Crippen molar-refractivity contribution in [2.75, 3.05) is 4.90 Å². The molecule has 192 valence electrons. The van der Waals surface area contributed by atoms with Crippen molar-refractivity contribution in [1.82, 2.24) is 0 Å². The molecule has 0 bridgehead atoms. The van der Waals surface area contributed by atoms with Gasteiger partial charge < -0.3 is 4.90 Å². The van der Waals surface area contributed by atoms with E-state index in [1.165, 1.54) is 44.5 Å². The van der Waals surface area contributed by atoms with Gasteiger partial charge in [0.1, 0.15) is 0 Å². The Hall–Kier alpha value is -4.88. The lowest BCUT2D eigenvalue weighted by molar-refractivity contribution is 0.660. The molecule has 0 heterocycles. The van der Waals surface area contributed by atoms with Crippen molar-refractivity contribution in [1.29, 1.82) is 0 Å². The van der Waals surface area contributed by atoms with Gasteiger partial charge in [-0.25, -0.2) is 0 Å². The predicted octanol–water partition coefficient (Wildman–Crippen LogP) is 10.8. The van der Waals surface area contributed by atoms with Crippen LogP contribution in [0.4, 0.5) is 17.1 Å². The molecule has 6 aromatic rings. The molecule has 0 amide bonds. The first kappa shape index (κ1) is 24.2. The molecule has 0 fully saturated rings. The summed E-state index contributed by atoms with van der Waals surface area (Å²) in [4.78, 5) is 2.33. The van der Waals surface area contributed by atoms with E-state index in [0.717, 1.165) is 17.1 Å². The quantitative estimate of drug-likeness (QED) is 0.222. The summed E-state index contributed by atoms with van der Waals surface area (Å²) in [5, 5.41) is 0. The molecular weight excluding hydrogens is 482 g/mol. The highest BCUT2D eigenvalue weighted by molar-refractivity contribution is 5.91. The van der Waals surface area contributed by atoms with Crippen molar-refractivity contribution >= 4 is 17.1 Å². The van der Waals surface area contributed by atoms with Crippen molar-refractivity contribution in [3.05, 3.63) is 163 Å². The fraction of sp³-hybridized carbons (Fsp3) is 0.0769. The molecule has 0 aromatic heterocycles. The monoisotopic (exact) mass is 513 g/mol. The number of hydrogen-bond acceptors (Lipinski definition) is 1. The van der Waals surface area contributed by atoms with Gasteiger partial charge in [-0.05, 0) is 87.0 Å². The molecule has 1 aliphatic carbocycles. The maximum Gasteiger partial charge on any atom is 0.0468 e. The summed E-state index contributed by atoms with van der Waals surface area (Å²) in [6, 6.07) is 54.8. The molecule has 1 heteroatoms. The van der Waals surface area contributed by atoms with Gasteiger partial charge in [0, 0.05) is 22.5 Å². The van der Waals surface area contributed by atoms with E-state index in [1.807, 2.05) is 0 Å². The van der Waals surface area contributed by atoms with Gasteiger partial charge in [-0.1, -0.05) is 123 Å². The molecule has 1 aliphatic rings. The van der Waals surface area contributed by atoms with Crippen LogP contribution in [0, 0.1) is 0 Å². The molecule has 1 nitrogen and oxygen atoms in total. The van der Waals surface area contributed by atoms with E-state index in [2.05, 4.69) is 170 Å². The third kappa shape index (κ3) is 4.03. The predicted molar refractivity (Wildman–Crippen MR) is 170 cm³/mol. The zero-order valence-electron chi connectivity index (χ0n) is 22.9. The topological polar surface area (TPSA) is 3.24 Å². The Kier molecular flexibility index (Phi) is 5.86. The lowest BCUT2D eigenvalue weighted by Gasteiger charge is -2.27. The average molecular weight is 514 g/mol. The lowest BCUT2D eigenvalue weighted by Crippen LogP contribution is -2.14. The second-order valence-corrected chi connectivity index (χ2v) is 11.0. The van der Waals surface area contributed by atoms with Crippen molar-refractivity contribution in [2.45, 2.75) is 19.3 Å². The summed E-state index contributed by atoms with van der Waals surface area (Å²) in [5.41, 5.74) is 13.8. The summed E-state index contributed by atoms with van der Waals surface area (Å²) in [7, 11) is 0. The van der Waals surface area contributed by atoms with Gasteiger partial charge in [-0.3, -0.25) is 0 Å². The van der Waals surface area contributed by atoms with E-state index in [-0.39, 0.29) is 5.41 Å². The van der Waals surface area contributed by atoms with Gasteiger partial charge in [0.05, 0.1) is 0 Å². The number of anilines is 3. The van der Waals surface area contributed by atoms with Crippen molar-refractivity contribution < 1.29 is 0 Å². The molecule has 0 spiro atoms. The van der Waals surface area contributed by atoms with Crippen LogP contribution in [0.25, 0.3) is 33.4 Å². The Labute approximate surface area is 237 Å². The van der Waals surface area contributed by atoms with Gasteiger partial charge >= 0.3 is 0 Å². The maximum atomic E-state index is 2.42. The van der Waals surface area contributed by atoms with Gasteiger partial charge in [0.2, 0.25) is 0 Å². The minimum atomic E-state index is -0.0355. The molecule has 7 rings (SSSR count). The second kappa shape index (κ2) is 9.70. The van der Waals surface area contributed by atoms with Crippen LogP contribution in [-0.2, 0) is 5.41 Å². The SMILES string of the molecule is CC1(C)c2ccccc2-c2ccc(-c3ccc(N(c4ccccc4)c4ccccc4)cc3-c3ccccc3)cc21. The van der Waals surface area contributed by atoms with E-state index >= 15 is 0 Å². The van der Waals surface area contributed by atoms with Crippen LogP contribution in [0.15, 0.2) is 152 Å². The Balaban J connectivity index is 1.41. The summed E-state index contributed by atoms with van der Waals surface area (Å²) >= 11 is 0. The number of benzene rings is 6. The van der Waals surface area contributed by atoms with Crippen molar-refractivity contribution in [3.8, 4) is 33.4 Å². The third-order valence-electron chi connectivity index (χ3n) is 8.27.